The summed E-state index contributed by atoms with van der Waals surface area (Å²) in [5.74, 6) is 1.07. The summed E-state index contributed by atoms with van der Waals surface area (Å²) in [5, 5.41) is 19.3. The molecule has 0 aliphatic heterocycles. The molecular formula is C27H16N6O2S4. The molecule has 12 heteroatoms. The van der Waals surface area contributed by atoms with Gasteiger partial charge in [-0.1, -0.05) is 25.2 Å². The van der Waals surface area contributed by atoms with E-state index in [0.717, 1.165) is 19.5 Å². The predicted molar refractivity (Wildman–Crippen MR) is 158 cm³/mol. The first-order valence-electron chi connectivity index (χ1n) is 11.2. The van der Waals surface area contributed by atoms with Gasteiger partial charge in [-0.25, -0.2) is 14.7 Å². The van der Waals surface area contributed by atoms with Crippen molar-refractivity contribution in [3.63, 3.8) is 0 Å². The molecular weight excluding hydrogens is 569 g/mol. The molecule has 4 aromatic rings. The number of thiophene rings is 4. The molecule has 8 nitrogen and oxygen atoms in total. The fraction of sp³-hybridized carbons (Fsp3) is 0.185. The topological polar surface area (TPSA) is 99.5 Å². The van der Waals surface area contributed by atoms with Gasteiger partial charge < -0.3 is 9.47 Å². The Morgan fingerprint density at radius 2 is 1.23 bits per heavy atom. The zero-order chi connectivity index (χ0) is 27.9. The van der Waals surface area contributed by atoms with Crippen molar-refractivity contribution in [1.82, 2.24) is 0 Å². The second-order valence-corrected chi connectivity index (χ2v) is 12.8. The zero-order valence-electron chi connectivity index (χ0n) is 20.9. The maximum atomic E-state index is 9.08. The Bertz CT molecular complexity index is 1700. The van der Waals surface area contributed by atoms with Crippen LogP contribution < -0.4 is 9.47 Å². The SMILES string of the molecule is [C-]#[N+]C(=Nc1cc(OC)c(-c2cc3c(s2)-c2sc(-c4sc(N=C(C#N)C#N)cc4OC)cc2C3(C)C)s1)[N+]#[C-]. The highest BCUT2D eigenvalue weighted by atomic mass is 32.1. The number of hydrogen-bond donors (Lipinski definition) is 0. The van der Waals surface area contributed by atoms with Crippen molar-refractivity contribution < 1.29 is 9.47 Å². The van der Waals surface area contributed by atoms with Crippen LogP contribution in [0.1, 0.15) is 25.0 Å². The summed E-state index contributed by atoms with van der Waals surface area (Å²) in [6.45, 7) is 18.6. The van der Waals surface area contributed by atoms with Gasteiger partial charge in [0, 0.05) is 36.0 Å². The van der Waals surface area contributed by atoms with Crippen molar-refractivity contribution in [2.24, 2.45) is 9.98 Å². The fourth-order valence-electron chi connectivity index (χ4n) is 4.26. The Hall–Kier alpha value is -4.30. The molecule has 0 spiro atoms. The first-order chi connectivity index (χ1) is 18.8. The van der Waals surface area contributed by atoms with E-state index < -0.39 is 0 Å². The highest BCUT2D eigenvalue weighted by molar-refractivity contribution is 7.30. The van der Waals surface area contributed by atoms with Crippen molar-refractivity contribution >= 4 is 67.0 Å². The third-order valence-corrected chi connectivity index (χ3v) is 10.9. The van der Waals surface area contributed by atoms with E-state index in [2.05, 4.69) is 45.7 Å². The number of ether oxygens (including phenoxy) is 2. The number of hydrogen-bond acceptors (Lipinski definition) is 10. The van der Waals surface area contributed by atoms with Gasteiger partial charge in [0.05, 0.1) is 30.0 Å². The molecule has 4 heterocycles. The monoisotopic (exact) mass is 584 g/mol. The Kier molecular flexibility index (Phi) is 6.82. The second kappa shape index (κ2) is 10.1. The maximum Gasteiger partial charge on any atom is 0.635 e. The van der Waals surface area contributed by atoms with Crippen LogP contribution in [-0.4, -0.2) is 25.9 Å². The van der Waals surface area contributed by atoms with Crippen LogP contribution in [-0.2, 0) is 5.41 Å². The molecule has 0 radical (unpaired) electrons. The van der Waals surface area contributed by atoms with Crippen LogP contribution >= 0.6 is 45.3 Å². The standard InChI is InChI=1S/C27H16N6O2S4/c1-27(2)14-7-18(24-16(34-5)9-20(38-24)32-13(11-28)12-29)36-22(14)23-15(27)8-19(37-23)25-17(35-6)10-21(39-25)33-26(30-3)31-4/h7-10H,1-2,5-6H3. The third-order valence-electron chi connectivity index (χ3n) is 6.12. The smallest absolute Gasteiger partial charge is 0.495 e. The summed E-state index contributed by atoms with van der Waals surface area (Å²) in [5.41, 5.74) is 2.03. The summed E-state index contributed by atoms with van der Waals surface area (Å²) in [6, 6.07) is 11.5. The molecule has 0 fully saturated rings. The van der Waals surface area contributed by atoms with Crippen molar-refractivity contribution in [3.8, 4) is 52.9 Å². The molecule has 0 saturated heterocycles. The van der Waals surface area contributed by atoms with E-state index in [0.29, 0.717) is 21.5 Å². The van der Waals surface area contributed by atoms with E-state index in [9.17, 15) is 0 Å². The van der Waals surface area contributed by atoms with Crippen LogP contribution in [0.3, 0.4) is 0 Å². The number of rotatable bonds is 6. The summed E-state index contributed by atoms with van der Waals surface area (Å²) in [6.07, 6.45) is 0. The first kappa shape index (κ1) is 26.3. The van der Waals surface area contributed by atoms with Gasteiger partial charge in [0.15, 0.2) is 0 Å². The molecule has 4 aromatic heterocycles. The van der Waals surface area contributed by atoms with Crippen LogP contribution in [0, 0.1) is 35.8 Å². The van der Waals surface area contributed by atoms with Crippen molar-refractivity contribution in [3.05, 3.63) is 58.2 Å². The van der Waals surface area contributed by atoms with Gasteiger partial charge in [-0.05, 0) is 36.4 Å². The van der Waals surface area contributed by atoms with Crippen LogP contribution in [0.15, 0.2) is 34.3 Å². The van der Waals surface area contributed by atoms with Gasteiger partial charge in [-0.15, -0.1) is 34.0 Å². The zero-order valence-corrected chi connectivity index (χ0v) is 24.2. The fourth-order valence-corrected chi connectivity index (χ4v) is 9.26. The van der Waals surface area contributed by atoms with E-state index in [-0.39, 0.29) is 17.1 Å². The molecule has 0 saturated carbocycles. The minimum absolute atomic E-state index is 0.201. The number of aliphatic imine (C=N–C) groups is 2. The Balaban J connectivity index is 1.59. The van der Waals surface area contributed by atoms with Crippen molar-refractivity contribution in [2.45, 2.75) is 19.3 Å². The molecule has 1 aliphatic carbocycles. The molecule has 190 valence electrons. The third kappa shape index (κ3) is 4.40. The summed E-state index contributed by atoms with van der Waals surface area (Å²) >= 11 is 6.13. The van der Waals surface area contributed by atoms with E-state index in [1.165, 1.54) is 43.6 Å². The molecule has 1 aliphatic rings. The number of fused-ring (bicyclic) bond motifs is 3. The number of nitrogens with zero attached hydrogens (tertiary/aromatic N) is 6. The average Bonchev–Trinajstić information content (AvgIpc) is 3.74. The Morgan fingerprint density at radius 3 is 1.64 bits per heavy atom. The predicted octanol–water partition coefficient (Wildman–Crippen LogP) is 8.54. The van der Waals surface area contributed by atoms with Gasteiger partial charge in [-0.2, -0.15) is 10.5 Å². The normalized spacial score (nSPS) is 12.2. The number of nitriles is 2. The van der Waals surface area contributed by atoms with Gasteiger partial charge in [0.1, 0.15) is 28.6 Å². The largest absolute Gasteiger partial charge is 0.635 e. The summed E-state index contributed by atoms with van der Waals surface area (Å²) in [4.78, 5) is 20.9. The lowest BCUT2D eigenvalue weighted by molar-refractivity contribution is 0.418. The van der Waals surface area contributed by atoms with Crippen LogP contribution in [0.4, 0.5) is 10.0 Å². The Labute approximate surface area is 240 Å². The lowest BCUT2D eigenvalue weighted by Crippen LogP contribution is -2.13. The van der Waals surface area contributed by atoms with Gasteiger partial charge in [0.25, 0.3) is 5.00 Å². The van der Waals surface area contributed by atoms with Crippen LogP contribution in [0.5, 0.6) is 11.5 Å². The first-order valence-corrected chi connectivity index (χ1v) is 14.4. The Morgan fingerprint density at radius 1 is 0.769 bits per heavy atom. The molecule has 0 N–H and O–H groups in total. The number of methoxy groups -OCH3 is 2. The molecule has 5 rings (SSSR count). The highest BCUT2D eigenvalue weighted by Crippen LogP contribution is 2.60. The lowest BCUT2D eigenvalue weighted by Gasteiger charge is -2.19. The number of guanidine groups is 1. The molecule has 0 amide bonds. The quantitative estimate of drug-likeness (QED) is 0.129. The molecule has 0 aromatic carbocycles. The molecule has 39 heavy (non-hydrogen) atoms. The van der Waals surface area contributed by atoms with E-state index in [1.54, 1.807) is 61.2 Å². The van der Waals surface area contributed by atoms with Crippen LogP contribution in [0.2, 0.25) is 0 Å². The lowest BCUT2D eigenvalue weighted by atomic mass is 9.84. The molecule has 0 bridgehead atoms. The van der Waals surface area contributed by atoms with E-state index in [1.807, 2.05) is 0 Å². The van der Waals surface area contributed by atoms with Crippen molar-refractivity contribution in [2.75, 3.05) is 14.2 Å². The maximum absolute atomic E-state index is 9.08. The van der Waals surface area contributed by atoms with Gasteiger partial charge >= 0.3 is 5.96 Å². The van der Waals surface area contributed by atoms with Gasteiger partial charge in [0.2, 0.25) is 5.71 Å². The summed E-state index contributed by atoms with van der Waals surface area (Å²) in [7, 11) is 3.19. The van der Waals surface area contributed by atoms with Crippen LogP contribution in [0.25, 0.3) is 39.0 Å². The van der Waals surface area contributed by atoms with Gasteiger partial charge in [-0.3, -0.25) is 0 Å². The molecule has 0 atom stereocenters. The average molecular weight is 585 g/mol. The van der Waals surface area contributed by atoms with E-state index in [4.69, 9.17) is 33.1 Å². The highest BCUT2D eigenvalue weighted by Gasteiger charge is 2.40. The van der Waals surface area contributed by atoms with Crippen molar-refractivity contribution in [1.29, 1.82) is 10.5 Å². The minimum atomic E-state index is -0.235. The minimum Gasteiger partial charge on any atom is -0.495 e. The second-order valence-electron chi connectivity index (χ2n) is 8.62. The molecule has 0 unspecified atom stereocenters. The summed E-state index contributed by atoms with van der Waals surface area (Å²) < 4.78 is 11.2. The van der Waals surface area contributed by atoms with E-state index >= 15 is 0 Å².